The third kappa shape index (κ3) is 4.00. The highest BCUT2D eigenvalue weighted by molar-refractivity contribution is 6.36. The second-order valence-electron chi connectivity index (χ2n) is 6.09. The van der Waals surface area contributed by atoms with Crippen LogP contribution in [0, 0.1) is 0 Å². The lowest BCUT2D eigenvalue weighted by atomic mass is 10.2. The topological polar surface area (TPSA) is 69.0 Å². The van der Waals surface area contributed by atoms with E-state index in [2.05, 4.69) is 15.5 Å². The van der Waals surface area contributed by atoms with Gasteiger partial charge in [0.2, 0.25) is 0 Å². The number of carbonyl (C=O) groups excluding carboxylic acids is 1. The third-order valence-electron chi connectivity index (χ3n) is 4.18. The largest absolute Gasteiger partial charge is 0.495 e. The van der Waals surface area contributed by atoms with Crippen LogP contribution in [0.2, 0.25) is 15.1 Å². The van der Waals surface area contributed by atoms with Crippen molar-refractivity contribution in [3.63, 3.8) is 0 Å². The van der Waals surface area contributed by atoms with Gasteiger partial charge in [-0.25, -0.2) is 0 Å². The van der Waals surface area contributed by atoms with E-state index >= 15 is 0 Å². The van der Waals surface area contributed by atoms with Crippen molar-refractivity contribution in [1.29, 1.82) is 0 Å². The molecule has 6 nitrogen and oxygen atoms in total. The van der Waals surface area contributed by atoms with Gasteiger partial charge >= 0.3 is 0 Å². The van der Waals surface area contributed by atoms with E-state index in [1.54, 1.807) is 55.6 Å². The number of fused-ring (bicyclic) bond motifs is 1. The van der Waals surface area contributed by atoms with Crippen LogP contribution in [-0.2, 0) is 0 Å². The monoisotopic (exact) mass is 446 g/mol. The lowest BCUT2D eigenvalue weighted by molar-refractivity contribution is 0.102. The minimum atomic E-state index is -0.369. The number of methoxy groups -OCH3 is 1. The number of hydrogen-bond donors (Lipinski definition) is 1. The number of ether oxygens (including phenoxy) is 1. The van der Waals surface area contributed by atoms with Gasteiger partial charge in [0.05, 0.1) is 28.4 Å². The van der Waals surface area contributed by atoms with Crippen LogP contribution < -0.4 is 10.1 Å². The lowest BCUT2D eigenvalue weighted by Crippen LogP contribution is -2.12. The second-order valence-corrected chi connectivity index (χ2v) is 7.34. The van der Waals surface area contributed by atoms with Crippen molar-refractivity contribution < 1.29 is 9.53 Å². The number of hydrogen-bond acceptors (Lipinski definition) is 4. The Balaban J connectivity index is 1.62. The van der Waals surface area contributed by atoms with Gasteiger partial charge in [-0.05, 0) is 54.6 Å². The Morgan fingerprint density at radius 3 is 2.48 bits per heavy atom. The van der Waals surface area contributed by atoms with Crippen molar-refractivity contribution in [3.8, 4) is 11.4 Å². The summed E-state index contributed by atoms with van der Waals surface area (Å²) in [5.74, 6) is 0.197. The molecule has 0 saturated heterocycles. The van der Waals surface area contributed by atoms with Crippen LogP contribution in [-0.4, -0.2) is 28.0 Å². The Morgan fingerprint density at radius 2 is 1.72 bits per heavy atom. The maximum atomic E-state index is 12.5. The van der Waals surface area contributed by atoms with Gasteiger partial charge in [-0.2, -0.15) is 4.80 Å². The first-order valence-electron chi connectivity index (χ1n) is 8.42. The molecule has 29 heavy (non-hydrogen) atoms. The van der Waals surface area contributed by atoms with E-state index in [0.29, 0.717) is 43.2 Å². The molecular weight excluding hydrogens is 435 g/mol. The van der Waals surface area contributed by atoms with Crippen LogP contribution in [0.4, 0.5) is 5.69 Å². The molecule has 146 valence electrons. The number of rotatable bonds is 4. The molecule has 4 rings (SSSR count). The maximum absolute atomic E-state index is 12.5. The number of nitrogens with one attached hydrogen (secondary N) is 1. The van der Waals surface area contributed by atoms with E-state index in [4.69, 9.17) is 39.5 Å². The Bertz CT molecular complexity index is 1240. The van der Waals surface area contributed by atoms with E-state index in [9.17, 15) is 4.79 Å². The van der Waals surface area contributed by atoms with Gasteiger partial charge < -0.3 is 10.1 Å². The Labute approximate surface area is 180 Å². The zero-order valence-electron chi connectivity index (χ0n) is 15.0. The number of benzene rings is 3. The molecule has 0 aliphatic carbocycles. The second kappa shape index (κ2) is 7.91. The molecule has 1 N–H and O–H groups in total. The van der Waals surface area contributed by atoms with Crippen molar-refractivity contribution in [2.45, 2.75) is 0 Å². The molecule has 0 unspecified atom stereocenters. The Hall–Kier alpha value is -2.80. The molecule has 1 heterocycles. The summed E-state index contributed by atoms with van der Waals surface area (Å²) < 4.78 is 5.16. The van der Waals surface area contributed by atoms with Crippen molar-refractivity contribution >= 4 is 57.4 Å². The van der Waals surface area contributed by atoms with Crippen molar-refractivity contribution in [3.05, 3.63) is 75.2 Å². The molecule has 0 saturated carbocycles. The van der Waals surface area contributed by atoms with Crippen LogP contribution in [0.3, 0.4) is 0 Å². The highest BCUT2D eigenvalue weighted by Gasteiger charge is 2.13. The lowest BCUT2D eigenvalue weighted by Gasteiger charge is -2.07. The zero-order valence-corrected chi connectivity index (χ0v) is 17.3. The van der Waals surface area contributed by atoms with Crippen molar-refractivity contribution in [2.75, 3.05) is 12.4 Å². The fraction of sp³-hybridized carbons (Fsp3) is 0.0500. The van der Waals surface area contributed by atoms with Crippen LogP contribution in [0.25, 0.3) is 16.7 Å². The molecule has 1 amide bonds. The fourth-order valence-corrected chi connectivity index (χ4v) is 3.38. The van der Waals surface area contributed by atoms with E-state index in [0.717, 1.165) is 0 Å². The smallest absolute Gasteiger partial charge is 0.257 e. The molecule has 0 spiro atoms. The van der Waals surface area contributed by atoms with Crippen LogP contribution >= 0.6 is 34.8 Å². The summed E-state index contributed by atoms with van der Waals surface area (Å²) in [6.45, 7) is 0. The summed E-state index contributed by atoms with van der Waals surface area (Å²) in [7, 11) is 1.55. The number of carbonyl (C=O) groups is 1. The van der Waals surface area contributed by atoms with Crippen LogP contribution in [0.5, 0.6) is 5.75 Å². The molecule has 0 bridgehead atoms. The zero-order chi connectivity index (χ0) is 20.5. The van der Waals surface area contributed by atoms with E-state index in [-0.39, 0.29) is 11.5 Å². The summed E-state index contributed by atoms with van der Waals surface area (Å²) in [5, 5.41) is 12.9. The van der Waals surface area contributed by atoms with E-state index in [1.165, 1.54) is 10.9 Å². The minimum absolute atomic E-state index is 0.288. The van der Waals surface area contributed by atoms with E-state index in [1.807, 2.05) is 0 Å². The van der Waals surface area contributed by atoms with Gasteiger partial charge in [0.15, 0.2) is 0 Å². The minimum Gasteiger partial charge on any atom is -0.495 e. The molecule has 0 fully saturated rings. The molecule has 0 atom stereocenters. The molecule has 0 aliphatic rings. The Morgan fingerprint density at radius 1 is 0.931 bits per heavy atom. The highest BCUT2D eigenvalue weighted by atomic mass is 35.5. The molecule has 0 radical (unpaired) electrons. The summed E-state index contributed by atoms with van der Waals surface area (Å²) in [6, 6.07) is 15.2. The number of aromatic nitrogens is 3. The fourth-order valence-electron chi connectivity index (χ4n) is 2.76. The molecule has 0 aliphatic heterocycles. The van der Waals surface area contributed by atoms with Gasteiger partial charge in [-0.3, -0.25) is 4.79 Å². The van der Waals surface area contributed by atoms with Gasteiger partial charge in [0, 0.05) is 10.7 Å². The number of halogens is 3. The maximum Gasteiger partial charge on any atom is 0.257 e. The standard InChI is InChI=1S/C20H13Cl3N4O2/c1-29-19-7-4-13(10-16(19)23)27-25-17-6-3-12(9-18(17)26-27)24-20(28)14-8-11(21)2-5-15(14)22/h2-10H,1H3,(H,24,28). The van der Waals surface area contributed by atoms with Crippen molar-refractivity contribution in [1.82, 2.24) is 15.0 Å². The molecule has 3 aromatic carbocycles. The first-order valence-corrected chi connectivity index (χ1v) is 9.55. The Kier molecular flexibility index (Phi) is 5.32. The van der Waals surface area contributed by atoms with Gasteiger partial charge in [-0.1, -0.05) is 34.8 Å². The summed E-state index contributed by atoms with van der Waals surface area (Å²) in [4.78, 5) is 14.0. The summed E-state index contributed by atoms with van der Waals surface area (Å²) >= 11 is 18.2. The third-order valence-corrected chi connectivity index (χ3v) is 5.04. The normalized spacial score (nSPS) is 10.9. The molecule has 9 heteroatoms. The number of nitrogens with zero attached hydrogens (tertiary/aromatic N) is 3. The molecule has 1 aromatic heterocycles. The predicted molar refractivity (Wildman–Crippen MR) is 115 cm³/mol. The van der Waals surface area contributed by atoms with Crippen molar-refractivity contribution in [2.24, 2.45) is 0 Å². The van der Waals surface area contributed by atoms with Gasteiger partial charge in [-0.15, -0.1) is 10.2 Å². The number of anilines is 1. The average Bonchev–Trinajstić information content (AvgIpc) is 3.13. The quantitative estimate of drug-likeness (QED) is 0.439. The molecule has 4 aromatic rings. The van der Waals surface area contributed by atoms with Crippen LogP contribution in [0.15, 0.2) is 54.6 Å². The number of amides is 1. The first kappa shape index (κ1) is 19.5. The SMILES string of the molecule is COc1ccc(-n2nc3ccc(NC(=O)c4cc(Cl)ccc4Cl)cc3n2)cc1Cl. The summed E-state index contributed by atoms with van der Waals surface area (Å²) in [5.41, 5.74) is 2.79. The van der Waals surface area contributed by atoms with E-state index < -0.39 is 0 Å². The van der Waals surface area contributed by atoms with Gasteiger partial charge in [0.25, 0.3) is 5.91 Å². The summed E-state index contributed by atoms with van der Waals surface area (Å²) in [6.07, 6.45) is 0. The average molecular weight is 448 g/mol. The van der Waals surface area contributed by atoms with Crippen LogP contribution in [0.1, 0.15) is 10.4 Å². The molecular formula is C20H13Cl3N4O2. The first-order chi connectivity index (χ1) is 13.9. The van der Waals surface area contributed by atoms with Gasteiger partial charge in [0.1, 0.15) is 16.8 Å². The predicted octanol–water partition coefficient (Wildman–Crippen LogP) is 5.64. The highest BCUT2D eigenvalue weighted by Crippen LogP contribution is 2.27.